The summed E-state index contributed by atoms with van der Waals surface area (Å²) in [5, 5.41) is 11.6. The van der Waals surface area contributed by atoms with Crippen molar-refractivity contribution in [2.45, 2.75) is 41.5 Å². The van der Waals surface area contributed by atoms with E-state index in [0.29, 0.717) is 23.9 Å². The molecule has 0 saturated carbocycles. The van der Waals surface area contributed by atoms with Gasteiger partial charge in [-0.25, -0.2) is 8.42 Å². The molecule has 0 spiro atoms. The first-order valence-electron chi connectivity index (χ1n) is 10.9. The lowest BCUT2D eigenvalue weighted by Gasteiger charge is -2.25. The highest BCUT2D eigenvalue weighted by Gasteiger charge is 2.26. The van der Waals surface area contributed by atoms with Crippen LogP contribution < -0.4 is 5.32 Å². The van der Waals surface area contributed by atoms with E-state index in [-0.39, 0.29) is 10.8 Å². The zero-order valence-corrected chi connectivity index (χ0v) is 20.3. The zero-order chi connectivity index (χ0) is 23.4. The van der Waals surface area contributed by atoms with Crippen molar-refractivity contribution in [3.63, 3.8) is 0 Å². The summed E-state index contributed by atoms with van der Waals surface area (Å²) in [4.78, 5) is 13.0. The molecule has 33 heavy (non-hydrogen) atoms. The summed E-state index contributed by atoms with van der Waals surface area (Å²) in [6.07, 6.45) is 2.84. The van der Waals surface area contributed by atoms with Crippen LogP contribution in [0.25, 0.3) is 11.4 Å². The second kappa shape index (κ2) is 10.1. The molecule has 4 rings (SSSR count). The number of nitrogens with one attached hydrogen (secondary N) is 1. The number of hydrogen-bond acceptors (Lipinski definition) is 6. The Morgan fingerprint density at radius 3 is 2.33 bits per heavy atom. The van der Waals surface area contributed by atoms with Crippen molar-refractivity contribution < 1.29 is 13.2 Å². The Hall–Kier alpha value is -2.69. The van der Waals surface area contributed by atoms with Crippen LogP contribution in [0.15, 0.2) is 64.6 Å². The lowest BCUT2D eigenvalue weighted by Crippen LogP contribution is -2.35. The SMILES string of the molecule is CC(Sc1nnc(-c2ccccc2)n1C)C(=O)Nc1ccc(S(=O)(=O)N2CCCCC2)cc1. The average molecular weight is 486 g/mol. The molecule has 2 aromatic carbocycles. The highest BCUT2D eigenvalue weighted by Crippen LogP contribution is 2.27. The van der Waals surface area contributed by atoms with Crippen LogP contribution in [-0.2, 0) is 21.9 Å². The summed E-state index contributed by atoms with van der Waals surface area (Å²) in [5.74, 6) is 0.534. The van der Waals surface area contributed by atoms with Crippen LogP contribution in [0.1, 0.15) is 26.2 Å². The Labute approximate surface area is 198 Å². The summed E-state index contributed by atoms with van der Waals surface area (Å²) >= 11 is 1.31. The topological polar surface area (TPSA) is 97.2 Å². The van der Waals surface area contributed by atoms with Gasteiger partial charge < -0.3 is 9.88 Å². The number of amides is 1. The molecule has 2 heterocycles. The number of anilines is 1. The molecule has 0 aliphatic carbocycles. The number of hydrogen-bond donors (Lipinski definition) is 1. The number of aromatic nitrogens is 3. The fourth-order valence-corrected chi connectivity index (χ4v) is 6.01. The Bertz CT molecular complexity index is 1200. The minimum Gasteiger partial charge on any atom is -0.325 e. The molecule has 1 saturated heterocycles. The summed E-state index contributed by atoms with van der Waals surface area (Å²) in [6.45, 7) is 2.92. The van der Waals surface area contributed by atoms with E-state index in [9.17, 15) is 13.2 Å². The van der Waals surface area contributed by atoms with Crippen LogP contribution >= 0.6 is 11.8 Å². The summed E-state index contributed by atoms with van der Waals surface area (Å²) in [5.41, 5.74) is 1.50. The average Bonchev–Trinajstić information content (AvgIpc) is 3.20. The number of piperidine rings is 1. The molecule has 10 heteroatoms. The van der Waals surface area contributed by atoms with Gasteiger partial charge in [-0.1, -0.05) is 48.5 Å². The standard InChI is InChI=1S/C23H27N5O3S2/c1-17(32-23-26-25-21(27(23)2)18-9-5-3-6-10-18)22(29)24-19-11-13-20(14-12-19)33(30,31)28-15-7-4-8-16-28/h3,5-6,9-14,17H,4,7-8,15-16H2,1-2H3,(H,24,29). The van der Waals surface area contributed by atoms with Gasteiger partial charge in [0.2, 0.25) is 15.9 Å². The van der Waals surface area contributed by atoms with E-state index in [2.05, 4.69) is 15.5 Å². The van der Waals surface area contributed by atoms with E-state index in [0.717, 1.165) is 30.7 Å². The molecular weight excluding hydrogens is 458 g/mol. The first-order valence-corrected chi connectivity index (χ1v) is 13.2. The molecular formula is C23H27N5O3S2. The summed E-state index contributed by atoms with van der Waals surface area (Å²) in [7, 11) is -1.62. The second-order valence-electron chi connectivity index (χ2n) is 7.97. The van der Waals surface area contributed by atoms with E-state index in [4.69, 9.17) is 0 Å². The number of benzene rings is 2. The van der Waals surface area contributed by atoms with Crippen LogP contribution in [0.4, 0.5) is 5.69 Å². The highest BCUT2D eigenvalue weighted by molar-refractivity contribution is 8.00. The number of nitrogens with zero attached hydrogens (tertiary/aromatic N) is 4. The van der Waals surface area contributed by atoms with Crippen LogP contribution in [0.3, 0.4) is 0 Å². The number of sulfonamides is 1. The fraction of sp³-hybridized carbons (Fsp3) is 0.348. The predicted octanol–water partition coefficient (Wildman–Crippen LogP) is 3.78. The van der Waals surface area contributed by atoms with Crippen molar-refractivity contribution in [1.82, 2.24) is 19.1 Å². The van der Waals surface area contributed by atoms with Crippen LogP contribution in [0.5, 0.6) is 0 Å². The van der Waals surface area contributed by atoms with Gasteiger partial charge in [-0.2, -0.15) is 4.31 Å². The van der Waals surface area contributed by atoms with Gasteiger partial charge in [0, 0.05) is 31.4 Å². The minimum atomic E-state index is -3.49. The Kier molecular flexibility index (Phi) is 7.16. The molecule has 1 amide bonds. The number of carbonyl (C=O) groups excluding carboxylic acids is 1. The first kappa shape index (κ1) is 23.5. The molecule has 1 fully saturated rings. The highest BCUT2D eigenvalue weighted by atomic mass is 32.2. The minimum absolute atomic E-state index is 0.198. The molecule has 3 aromatic rings. The quantitative estimate of drug-likeness (QED) is 0.512. The maximum absolute atomic E-state index is 12.8. The molecule has 1 aliphatic rings. The third kappa shape index (κ3) is 5.29. The summed E-state index contributed by atoms with van der Waals surface area (Å²) in [6, 6.07) is 16.1. The van der Waals surface area contributed by atoms with Crippen LogP contribution in [0.2, 0.25) is 0 Å². The fourth-order valence-electron chi connectivity index (χ4n) is 3.68. The molecule has 174 valence electrons. The van der Waals surface area contributed by atoms with Crippen molar-refractivity contribution in [2.75, 3.05) is 18.4 Å². The normalized spacial score (nSPS) is 15.8. The first-order chi connectivity index (χ1) is 15.9. The largest absolute Gasteiger partial charge is 0.325 e. The van der Waals surface area contributed by atoms with Gasteiger partial charge in [0.15, 0.2) is 11.0 Å². The molecule has 0 radical (unpaired) electrons. The molecule has 1 atom stereocenters. The molecule has 0 bridgehead atoms. The van der Waals surface area contributed by atoms with Gasteiger partial charge >= 0.3 is 0 Å². The Morgan fingerprint density at radius 1 is 1.00 bits per heavy atom. The zero-order valence-electron chi connectivity index (χ0n) is 18.6. The van der Waals surface area contributed by atoms with Gasteiger partial charge in [0.05, 0.1) is 10.1 Å². The lowest BCUT2D eigenvalue weighted by atomic mass is 10.2. The molecule has 1 aromatic heterocycles. The molecule has 8 nitrogen and oxygen atoms in total. The van der Waals surface area contributed by atoms with Crippen molar-refractivity contribution >= 4 is 33.4 Å². The lowest BCUT2D eigenvalue weighted by molar-refractivity contribution is -0.115. The van der Waals surface area contributed by atoms with E-state index < -0.39 is 15.3 Å². The Morgan fingerprint density at radius 2 is 1.67 bits per heavy atom. The van der Waals surface area contributed by atoms with Crippen molar-refractivity contribution in [3.8, 4) is 11.4 Å². The van der Waals surface area contributed by atoms with Crippen molar-refractivity contribution in [3.05, 3.63) is 54.6 Å². The summed E-state index contributed by atoms with van der Waals surface area (Å²) < 4.78 is 29.0. The van der Waals surface area contributed by atoms with Gasteiger partial charge in [-0.05, 0) is 44.0 Å². The maximum atomic E-state index is 12.8. The van der Waals surface area contributed by atoms with Crippen LogP contribution in [0, 0.1) is 0 Å². The predicted molar refractivity (Wildman–Crippen MR) is 129 cm³/mol. The van der Waals surface area contributed by atoms with E-state index >= 15 is 0 Å². The molecule has 1 N–H and O–H groups in total. The number of rotatable bonds is 7. The van der Waals surface area contributed by atoms with Gasteiger partial charge in [-0.3, -0.25) is 4.79 Å². The van der Waals surface area contributed by atoms with Crippen molar-refractivity contribution in [2.24, 2.45) is 7.05 Å². The number of carbonyl (C=O) groups is 1. The second-order valence-corrected chi connectivity index (χ2v) is 11.2. The van der Waals surface area contributed by atoms with Crippen molar-refractivity contribution in [1.29, 1.82) is 0 Å². The molecule has 1 aliphatic heterocycles. The van der Waals surface area contributed by atoms with Crippen LogP contribution in [-0.4, -0.2) is 51.7 Å². The monoisotopic (exact) mass is 485 g/mol. The number of thioether (sulfide) groups is 1. The smallest absolute Gasteiger partial charge is 0.243 e. The maximum Gasteiger partial charge on any atom is 0.243 e. The third-order valence-corrected chi connectivity index (χ3v) is 8.64. The van der Waals surface area contributed by atoms with Gasteiger partial charge in [0.25, 0.3) is 0 Å². The third-order valence-electron chi connectivity index (χ3n) is 5.59. The van der Waals surface area contributed by atoms with Gasteiger partial charge in [0.1, 0.15) is 0 Å². The van der Waals surface area contributed by atoms with Gasteiger partial charge in [-0.15, -0.1) is 10.2 Å². The van der Waals surface area contributed by atoms with E-state index in [1.54, 1.807) is 31.2 Å². The van der Waals surface area contributed by atoms with E-state index in [1.165, 1.54) is 16.1 Å². The Balaban J connectivity index is 1.39. The molecule has 1 unspecified atom stereocenters. The van der Waals surface area contributed by atoms with E-state index in [1.807, 2.05) is 41.9 Å².